The van der Waals surface area contributed by atoms with Crippen LogP contribution in [0.15, 0.2) is 0 Å². The Balaban J connectivity index is 0. The molecule has 0 saturated heterocycles. The maximum Gasteiger partial charge on any atom is 0.265 e. The van der Waals surface area contributed by atoms with E-state index < -0.39 is 10.1 Å². The van der Waals surface area contributed by atoms with E-state index in [0.29, 0.717) is 0 Å². The van der Waals surface area contributed by atoms with E-state index in [1.807, 2.05) is 0 Å². The van der Waals surface area contributed by atoms with Gasteiger partial charge in [-0.15, -0.1) is 0 Å². The van der Waals surface area contributed by atoms with Crippen LogP contribution in [-0.4, -0.2) is 18.7 Å². The molecule has 5 N–H and O–H groups in total. The fourth-order valence-electron chi connectivity index (χ4n) is 0.421. The third-order valence-electron chi connectivity index (χ3n) is 0.544. The monoisotopic (exact) mass is 170 g/mol. The van der Waals surface area contributed by atoms with Gasteiger partial charge in [-0.1, -0.05) is 13.8 Å². The van der Waals surface area contributed by atoms with Crippen molar-refractivity contribution in [2.45, 2.75) is 13.8 Å². The molecule has 0 aromatic carbocycles. The first-order chi connectivity index (χ1) is 4.42. The van der Waals surface area contributed by atoms with Crippen LogP contribution in [0.5, 0.6) is 0 Å². The van der Waals surface area contributed by atoms with Crippen LogP contribution in [0, 0.1) is 5.92 Å². The molecular weight excluding hydrogens is 156 g/mol. The lowest BCUT2D eigenvalue weighted by Crippen LogP contribution is -2.09. The van der Waals surface area contributed by atoms with Crippen molar-refractivity contribution in [2.75, 3.05) is 5.75 Å². The predicted molar refractivity (Wildman–Crippen MR) is 39.6 cm³/mol. The molecule has 0 amide bonds. The molecule has 0 fully saturated rings. The van der Waals surface area contributed by atoms with Gasteiger partial charge in [0, 0.05) is 0 Å². The molecule has 5 nitrogen and oxygen atoms in total. The van der Waals surface area contributed by atoms with Gasteiger partial charge in [0.05, 0.1) is 5.75 Å². The molecule has 0 aromatic heterocycles. The maximum atomic E-state index is 10.00. The summed E-state index contributed by atoms with van der Waals surface area (Å²) >= 11 is 0. The van der Waals surface area contributed by atoms with Crippen LogP contribution < -0.4 is 11.7 Å². The highest BCUT2D eigenvalue weighted by Crippen LogP contribution is 1.95. The first-order valence-corrected chi connectivity index (χ1v) is 4.31. The number of nitrogens with two attached hydrogens (primary N) is 2. The Morgan fingerprint density at radius 2 is 1.70 bits per heavy atom. The fraction of sp³-hybridized carbons (Fsp3) is 1.00. The first kappa shape index (κ1) is 12.5. The lowest BCUT2D eigenvalue weighted by molar-refractivity contribution is 0.473. The van der Waals surface area contributed by atoms with E-state index in [-0.39, 0.29) is 11.7 Å². The average Bonchev–Trinajstić information content (AvgIpc) is 1.64. The van der Waals surface area contributed by atoms with Crippen molar-refractivity contribution in [3.63, 3.8) is 0 Å². The summed E-state index contributed by atoms with van der Waals surface area (Å²) in [7, 11) is -3.72. The summed E-state index contributed by atoms with van der Waals surface area (Å²) in [4.78, 5) is 0. The van der Waals surface area contributed by atoms with Crippen molar-refractivity contribution in [3.05, 3.63) is 0 Å². The number of hydrazine groups is 1. The SMILES string of the molecule is CC(C)CS(=O)(=O)O.NN. The average molecular weight is 170 g/mol. The zero-order valence-electron chi connectivity index (χ0n) is 6.11. The van der Waals surface area contributed by atoms with Gasteiger partial charge in [-0.3, -0.25) is 16.2 Å². The highest BCUT2D eigenvalue weighted by molar-refractivity contribution is 7.85. The molecular formula is C4H14N2O3S. The Morgan fingerprint density at radius 1 is 1.40 bits per heavy atom. The zero-order chi connectivity index (χ0) is 8.78. The number of hydrogen-bond acceptors (Lipinski definition) is 4. The third kappa shape index (κ3) is 15.7. The molecule has 6 heteroatoms. The topological polar surface area (TPSA) is 106 Å². The van der Waals surface area contributed by atoms with E-state index in [1.54, 1.807) is 13.8 Å². The summed E-state index contributed by atoms with van der Waals surface area (Å²) in [6, 6.07) is 0. The zero-order valence-corrected chi connectivity index (χ0v) is 6.93. The van der Waals surface area contributed by atoms with Crippen LogP contribution in [0.3, 0.4) is 0 Å². The van der Waals surface area contributed by atoms with E-state index in [0.717, 1.165) is 0 Å². The minimum Gasteiger partial charge on any atom is -0.286 e. The molecule has 0 saturated carbocycles. The predicted octanol–water partition coefficient (Wildman–Crippen LogP) is -0.651. The quantitative estimate of drug-likeness (QED) is 0.290. The van der Waals surface area contributed by atoms with Crippen molar-refractivity contribution < 1.29 is 13.0 Å². The lowest BCUT2D eigenvalue weighted by Gasteiger charge is -1.97. The van der Waals surface area contributed by atoms with Gasteiger partial charge in [-0.05, 0) is 5.92 Å². The summed E-state index contributed by atoms with van der Waals surface area (Å²) in [5.74, 6) is 7.86. The molecule has 0 aliphatic carbocycles. The molecule has 0 aliphatic rings. The summed E-state index contributed by atoms with van der Waals surface area (Å²) in [6.07, 6.45) is 0. The van der Waals surface area contributed by atoms with Gasteiger partial charge in [0.25, 0.3) is 10.1 Å². The highest BCUT2D eigenvalue weighted by atomic mass is 32.2. The molecule has 0 rings (SSSR count). The van der Waals surface area contributed by atoms with Gasteiger partial charge in [-0.25, -0.2) is 0 Å². The Hall–Kier alpha value is -0.170. The summed E-state index contributed by atoms with van der Waals surface area (Å²) in [6.45, 7) is 3.46. The van der Waals surface area contributed by atoms with E-state index >= 15 is 0 Å². The molecule has 0 aliphatic heterocycles. The van der Waals surface area contributed by atoms with E-state index in [2.05, 4.69) is 11.7 Å². The molecule has 0 bridgehead atoms. The molecule has 0 heterocycles. The van der Waals surface area contributed by atoms with Crippen molar-refractivity contribution >= 4 is 10.1 Å². The van der Waals surface area contributed by atoms with Crippen LogP contribution in [0.2, 0.25) is 0 Å². The van der Waals surface area contributed by atoms with E-state index in [1.165, 1.54) is 0 Å². The molecule has 0 aromatic rings. The Morgan fingerprint density at radius 3 is 1.70 bits per heavy atom. The summed E-state index contributed by atoms with van der Waals surface area (Å²) < 4.78 is 28.2. The maximum absolute atomic E-state index is 10.00. The Kier molecular flexibility index (Phi) is 7.00. The van der Waals surface area contributed by atoms with E-state index in [4.69, 9.17) is 4.55 Å². The van der Waals surface area contributed by atoms with Gasteiger partial charge >= 0.3 is 0 Å². The molecule has 0 spiro atoms. The third-order valence-corrected chi connectivity index (χ3v) is 1.63. The highest BCUT2D eigenvalue weighted by Gasteiger charge is 2.05. The normalized spacial score (nSPS) is 10.6. The van der Waals surface area contributed by atoms with Gasteiger partial charge in [-0.2, -0.15) is 8.42 Å². The molecule has 0 radical (unpaired) electrons. The minimum atomic E-state index is -3.72. The second-order valence-corrected chi connectivity index (χ2v) is 3.64. The van der Waals surface area contributed by atoms with Crippen LogP contribution >= 0.6 is 0 Å². The van der Waals surface area contributed by atoms with Gasteiger partial charge < -0.3 is 0 Å². The first-order valence-electron chi connectivity index (χ1n) is 2.70. The smallest absolute Gasteiger partial charge is 0.265 e. The van der Waals surface area contributed by atoms with Crippen molar-refractivity contribution in [3.8, 4) is 0 Å². The number of rotatable bonds is 2. The van der Waals surface area contributed by atoms with Crippen molar-refractivity contribution in [1.82, 2.24) is 0 Å². The van der Waals surface area contributed by atoms with Crippen molar-refractivity contribution in [2.24, 2.45) is 17.6 Å². The molecule has 10 heavy (non-hydrogen) atoms. The summed E-state index contributed by atoms with van der Waals surface area (Å²) in [5, 5.41) is 0. The fourth-order valence-corrected chi connectivity index (χ4v) is 1.26. The Labute approximate surface area is 61.1 Å². The number of hydrogen-bond donors (Lipinski definition) is 3. The molecule has 0 atom stereocenters. The van der Waals surface area contributed by atoms with Crippen LogP contribution in [0.4, 0.5) is 0 Å². The second-order valence-electron chi connectivity index (χ2n) is 2.14. The van der Waals surface area contributed by atoms with Gasteiger partial charge in [0.2, 0.25) is 0 Å². The van der Waals surface area contributed by atoms with Crippen LogP contribution in [-0.2, 0) is 10.1 Å². The second kappa shape index (κ2) is 5.60. The van der Waals surface area contributed by atoms with Gasteiger partial charge in [0.15, 0.2) is 0 Å². The minimum absolute atomic E-state index is 0.00463. The van der Waals surface area contributed by atoms with Crippen molar-refractivity contribution in [1.29, 1.82) is 0 Å². The Bertz CT molecular complexity index is 152. The molecule has 64 valence electrons. The van der Waals surface area contributed by atoms with Gasteiger partial charge in [0.1, 0.15) is 0 Å². The van der Waals surface area contributed by atoms with E-state index in [9.17, 15) is 8.42 Å². The standard InChI is InChI=1S/C4H10O3S.H4N2/c1-4(2)3-8(5,6)7;1-2/h4H,3H2,1-2H3,(H,5,6,7);1-2H2. The molecule has 0 unspecified atom stereocenters. The van der Waals surface area contributed by atoms with Crippen LogP contribution in [0.25, 0.3) is 0 Å². The summed E-state index contributed by atoms with van der Waals surface area (Å²) in [5.41, 5.74) is 0. The largest absolute Gasteiger partial charge is 0.286 e. The lowest BCUT2D eigenvalue weighted by atomic mass is 10.3. The van der Waals surface area contributed by atoms with Crippen LogP contribution in [0.1, 0.15) is 13.8 Å².